The summed E-state index contributed by atoms with van der Waals surface area (Å²) in [4.78, 5) is 4.49. The lowest BCUT2D eigenvalue weighted by atomic mass is 10.1. The molecule has 0 bridgehead atoms. The van der Waals surface area contributed by atoms with E-state index in [1.807, 2.05) is 24.3 Å². The van der Waals surface area contributed by atoms with Gasteiger partial charge in [0.05, 0.1) is 11.3 Å². The normalized spacial score (nSPS) is 13.7. The Morgan fingerprint density at radius 2 is 2.15 bits per heavy atom. The lowest BCUT2D eigenvalue weighted by molar-refractivity contribution is 0.324. The van der Waals surface area contributed by atoms with Crippen molar-refractivity contribution < 1.29 is 9.15 Å². The number of nitrogens with one attached hydrogen (secondary N) is 1. The number of rotatable bonds is 1. The molecule has 1 N–H and O–H groups in total. The zero-order chi connectivity index (χ0) is 13.5. The highest BCUT2D eigenvalue weighted by atomic mass is 35.5. The Morgan fingerprint density at radius 1 is 1.20 bits per heavy atom. The lowest BCUT2D eigenvalue weighted by Gasteiger charge is -2.20. The highest BCUT2D eigenvalue weighted by Crippen LogP contribution is 2.38. The highest BCUT2D eigenvalue weighted by Gasteiger charge is 2.19. The molecule has 0 fully saturated rings. The number of hydrogen-bond acceptors (Lipinski definition) is 4. The van der Waals surface area contributed by atoms with Gasteiger partial charge in [0, 0.05) is 11.6 Å². The van der Waals surface area contributed by atoms with E-state index >= 15 is 0 Å². The Labute approximate surface area is 120 Å². The quantitative estimate of drug-likeness (QED) is 0.736. The molecule has 0 amide bonds. The third kappa shape index (κ3) is 1.80. The van der Waals surface area contributed by atoms with Gasteiger partial charge < -0.3 is 14.5 Å². The van der Waals surface area contributed by atoms with Crippen LogP contribution in [0.15, 0.2) is 40.8 Å². The fourth-order valence-electron chi connectivity index (χ4n) is 2.35. The van der Waals surface area contributed by atoms with Gasteiger partial charge in [0.2, 0.25) is 5.89 Å². The van der Waals surface area contributed by atoms with E-state index in [-0.39, 0.29) is 0 Å². The largest absolute Gasteiger partial charge is 0.489 e. The summed E-state index contributed by atoms with van der Waals surface area (Å²) >= 11 is 5.97. The Kier molecular flexibility index (Phi) is 2.57. The smallest absolute Gasteiger partial charge is 0.231 e. The number of nitrogens with zero attached hydrogens (tertiary/aromatic N) is 1. The SMILES string of the molecule is Clc1ccc2oc(-c3cccc4c3OCCN4)nc2c1. The number of fused-ring (bicyclic) bond motifs is 2. The van der Waals surface area contributed by atoms with Crippen molar-refractivity contribution in [2.45, 2.75) is 0 Å². The van der Waals surface area contributed by atoms with Gasteiger partial charge in [0.1, 0.15) is 12.1 Å². The molecule has 20 heavy (non-hydrogen) atoms. The number of ether oxygens (including phenoxy) is 1. The summed E-state index contributed by atoms with van der Waals surface area (Å²) in [6.07, 6.45) is 0. The van der Waals surface area contributed by atoms with Crippen molar-refractivity contribution in [3.63, 3.8) is 0 Å². The van der Waals surface area contributed by atoms with Gasteiger partial charge in [-0.2, -0.15) is 0 Å². The van der Waals surface area contributed by atoms with Crippen molar-refractivity contribution in [2.75, 3.05) is 18.5 Å². The van der Waals surface area contributed by atoms with E-state index in [4.69, 9.17) is 20.8 Å². The molecule has 0 spiro atoms. The van der Waals surface area contributed by atoms with E-state index in [1.54, 1.807) is 12.1 Å². The number of para-hydroxylation sites is 1. The second-order valence-electron chi connectivity index (χ2n) is 4.59. The Morgan fingerprint density at radius 3 is 3.10 bits per heavy atom. The maximum atomic E-state index is 5.97. The minimum Gasteiger partial charge on any atom is -0.489 e. The predicted molar refractivity (Wildman–Crippen MR) is 78.4 cm³/mol. The van der Waals surface area contributed by atoms with Crippen LogP contribution in [0, 0.1) is 0 Å². The van der Waals surface area contributed by atoms with Gasteiger partial charge in [-0.3, -0.25) is 0 Å². The highest BCUT2D eigenvalue weighted by molar-refractivity contribution is 6.31. The molecule has 100 valence electrons. The van der Waals surface area contributed by atoms with Crippen LogP contribution >= 0.6 is 11.6 Å². The van der Waals surface area contributed by atoms with Crippen molar-refractivity contribution in [3.05, 3.63) is 41.4 Å². The monoisotopic (exact) mass is 286 g/mol. The zero-order valence-corrected chi connectivity index (χ0v) is 11.3. The van der Waals surface area contributed by atoms with E-state index in [0.29, 0.717) is 23.1 Å². The minimum absolute atomic E-state index is 0.544. The van der Waals surface area contributed by atoms with Gasteiger partial charge in [0.25, 0.3) is 0 Å². The van der Waals surface area contributed by atoms with Crippen LogP contribution in [-0.2, 0) is 0 Å². The van der Waals surface area contributed by atoms with Crippen LogP contribution < -0.4 is 10.1 Å². The first kappa shape index (κ1) is 11.6. The molecule has 2 aromatic carbocycles. The van der Waals surface area contributed by atoms with E-state index in [1.165, 1.54) is 0 Å². The average molecular weight is 287 g/mol. The van der Waals surface area contributed by atoms with Crippen molar-refractivity contribution >= 4 is 28.4 Å². The zero-order valence-electron chi connectivity index (χ0n) is 10.5. The van der Waals surface area contributed by atoms with Crippen LogP contribution in [0.3, 0.4) is 0 Å². The first-order valence-corrected chi connectivity index (χ1v) is 6.75. The second kappa shape index (κ2) is 4.42. The van der Waals surface area contributed by atoms with Crippen molar-refractivity contribution in [1.29, 1.82) is 0 Å². The summed E-state index contributed by atoms with van der Waals surface area (Å²) in [5, 5.41) is 3.94. The van der Waals surface area contributed by atoms with Crippen molar-refractivity contribution in [3.8, 4) is 17.2 Å². The van der Waals surface area contributed by atoms with Crippen LogP contribution in [0.25, 0.3) is 22.6 Å². The average Bonchev–Trinajstić information content (AvgIpc) is 2.89. The van der Waals surface area contributed by atoms with Crippen molar-refractivity contribution in [2.24, 2.45) is 0 Å². The molecule has 0 atom stereocenters. The topological polar surface area (TPSA) is 47.3 Å². The predicted octanol–water partition coefficient (Wildman–Crippen LogP) is 3.95. The molecule has 3 aromatic rings. The summed E-state index contributed by atoms with van der Waals surface area (Å²) in [5.41, 5.74) is 3.27. The third-order valence-corrected chi connectivity index (χ3v) is 3.49. The number of oxazole rings is 1. The maximum absolute atomic E-state index is 5.97. The number of halogens is 1. The van der Waals surface area contributed by atoms with E-state index < -0.39 is 0 Å². The van der Waals surface area contributed by atoms with Crippen LogP contribution in [0.1, 0.15) is 0 Å². The van der Waals surface area contributed by atoms with Gasteiger partial charge in [0.15, 0.2) is 11.3 Å². The lowest BCUT2D eigenvalue weighted by Crippen LogP contribution is -2.18. The number of hydrogen-bond donors (Lipinski definition) is 1. The summed E-state index contributed by atoms with van der Waals surface area (Å²) in [7, 11) is 0. The summed E-state index contributed by atoms with van der Waals surface area (Å²) < 4.78 is 11.5. The second-order valence-corrected chi connectivity index (χ2v) is 5.02. The molecule has 0 aliphatic carbocycles. The molecular formula is C15H11ClN2O2. The fraction of sp³-hybridized carbons (Fsp3) is 0.133. The first-order chi connectivity index (χ1) is 9.81. The number of benzene rings is 2. The molecular weight excluding hydrogens is 276 g/mol. The summed E-state index contributed by atoms with van der Waals surface area (Å²) in [6, 6.07) is 11.3. The fourth-order valence-corrected chi connectivity index (χ4v) is 2.52. The van der Waals surface area contributed by atoms with Gasteiger partial charge >= 0.3 is 0 Å². The maximum Gasteiger partial charge on any atom is 0.231 e. The van der Waals surface area contributed by atoms with E-state index in [9.17, 15) is 0 Å². The molecule has 0 saturated carbocycles. The van der Waals surface area contributed by atoms with Crippen LogP contribution in [0.5, 0.6) is 5.75 Å². The summed E-state index contributed by atoms with van der Waals surface area (Å²) in [5.74, 6) is 1.33. The molecule has 4 nitrogen and oxygen atoms in total. The molecule has 1 aliphatic heterocycles. The first-order valence-electron chi connectivity index (χ1n) is 6.37. The standard InChI is InChI=1S/C15H11ClN2O2/c16-9-4-5-13-12(8-9)18-15(20-13)10-2-1-3-11-14(10)19-7-6-17-11/h1-5,8,17H,6-7H2. The Hall–Kier alpha value is -2.20. The molecule has 1 aromatic heterocycles. The van der Waals surface area contributed by atoms with Gasteiger partial charge in [-0.05, 0) is 30.3 Å². The molecule has 2 heterocycles. The van der Waals surface area contributed by atoms with Crippen molar-refractivity contribution in [1.82, 2.24) is 4.98 Å². The molecule has 0 unspecified atom stereocenters. The molecule has 0 saturated heterocycles. The third-order valence-electron chi connectivity index (χ3n) is 3.26. The molecule has 4 rings (SSSR count). The summed E-state index contributed by atoms with van der Waals surface area (Å²) in [6.45, 7) is 1.44. The van der Waals surface area contributed by atoms with Crippen LogP contribution in [0.2, 0.25) is 5.02 Å². The van der Waals surface area contributed by atoms with Gasteiger partial charge in [-0.15, -0.1) is 0 Å². The Bertz CT molecular complexity index is 798. The van der Waals surface area contributed by atoms with E-state index in [2.05, 4.69) is 10.3 Å². The molecule has 0 radical (unpaired) electrons. The van der Waals surface area contributed by atoms with Crippen LogP contribution in [-0.4, -0.2) is 18.1 Å². The Balaban J connectivity index is 1.90. The van der Waals surface area contributed by atoms with Crippen LogP contribution in [0.4, 0.5) is 5.69 Å². The van der Waals surface area contributed by atoms with Gasteiger partial charge in [-0.25, -0.2) is 4.98 Å². The van der Waals surface area contributed by atoms with E-state index in [0.717, 1.165) is 29.1 Å². The molecule has 1 aliphatic rings. The minimum atomic E-state index is 0.544. The number of aromatic nitrogens is 1. The number of anilines is 1. The van der Waals surface area contributed by atoms with Gasteiger partial charge in [-0.1, -0.05) is 17.7 Å². The molecule has 5 heteroatoms.